The molecule has 0 bridgehead atoms. The van der Waals surface area contributed by atoms with E-state index in [0.29, 0.717) is 19.4 Å². The summed E-state index contributed by atoms with van der Waals surface area (Å²) in [4.78, 5) is 23.7. The highest BCUT2D eigenvalue weighted by Gasteiger charge is 2.33. The van der Waals surface area contributed by atoms with Crippen molar-refractivity contribution in [2.24, 2.45) is 0 Å². The third-order valence-corrected chi connectivity index (χ3v) is 2.98. The Morgan fingerprint density at radius 1 is 1.53 bits per heavy atom. The number of ether oxygens (including phenoxy) is 1. The second-order valence-corrected chi connectivity index (χ2v) is 4.11. The van der Waals surface area contributed by atoms with E-state index in [-0.39, 0.29) is 12.0 Å². The van der Waals surface area contributed by atoms with Crippen molar-refractivity contribution in [2.45, 2.75) is 37.9 Å². The molecule has 0 aromatic heterocycles. The molecule has 2 aliphatic heterocycles. The Kier molecular flexibility index (Phi) is 2.90. The normalized spacial score (nSPS) is 31.2. The van der Waals surface area contributed by atoms with Crippen LogP contribution in [0.1, 0.15) is 25.7 Å². The molecule has 0 aromatic rings. The highest BCUT2D eigenvalue weighted by molar-refractivity contribution is 5.78. The zero-order valence-corrected chi connectivity index (χ0v) is 8.52. The summed E-state index contributed by atoms with van der Waals surface area (Å²) in [6, 6.07) is 0. The molecule has 0 radical (unpaired) electrons. The van der Waals surface area contributed by atoms with Gasteiger partial charge < -0.3 is 14.7 Å². The Labute approximate surface area is 88.0 Å². The van der Waals surface area contributed by atoms with E-state index in [2.05, 4.69) is 0 Å². The molecule has 2 unspecified atom stereocenters. The topological polar surface area (TPSA) is 66.8 Å². The molecule has 0 saturated carbocycles. The number of hydrogen-bond donors (Lipinski definition) is 1. The van der Waals surface area contributed by atoms with Gasteiger partial charge in [0.25, 0.3) is 0 Å². The molecule has 2 rings (SSSR count). The average molecular weight is 213 g/mol. The molecule has 5 nitrogen and oxygen atoms in total. The van der Waals surface area contributed by atoms with Crippen molar-refractivity contribution in [3.63, 3.8) is 0 Å². The smallest absolute Gasteiger partial charge is 0.332 e. The van der Waals surface area contributed by atoms with Gasteiger partial charge in [-0.05, 0) is 19.3 Å². The summed E-state index contributed by atoms with van der Waals surface area (Å²) < 4.78 is 5.34. The van der Waals surface area contributed by atoms with Crippen molar-refractivity contribution in [1.82, 2.24) is 4.90 Å². The zero-order chi connectivity index (χ0) is 10.8. The monoisotopic (exact) mass is 213 g/mol. The summed E-state index contributed by atoms with van der Waals surface area (Å²) in [6.07, 6.45) is 2.06. The number of aliphatic carboxylic acids is 1. The summed E-state index contributed by atoms with van der Waals surface area (Å²) in [6.45, 7) is 1.35. The van der Waals surface area contributed by atoms with Gasteiger partial charge in [-0.3, -0.25) is 4.79 Å². The van der Waals surface area contributed by atoms with Crippen LogP contribution in [0, 0.1) is 0 Å². The van der Waals surface area contributed by atoms with Gasteiger partial charge in [0.15, 0.2) is 6.10 Å². The Balaban J connectivity index is 1.81. The van der Waals surface area contributed by atoms with Crippen LogP contribution in [-0.4, -0.2) is 47.2 Å². The number of carbonyl (C=O) groups excluding carboxylic acids is 1. The lowest BCUT2D eigenvalue weighted by Crippen LogP contribution is -2.34. The minimum absolute atomic E-state index is 0.0897. The average Bonchev–Trinajstić information content (AvgIpc) is 2.77. The highest BCUT2D eigenvalue weighted by atomic mass is 16.5. The molecule has 2 atom stereocenters. The van der Waals surface area contributed by atoms with E-state index < -0.39 is 12.1 Å². The second-order valence-electron chi connectivity index (χ2n) is 4.11. The number of amides is 1. The van der Waals surface area contributed by atoms with Crippen LogP contribution < -0.4 is 0 Å². The van der Waals surface area contributed by atoms with E-state index >= 15 is 0 Å². The van der Waals surface area contributed by atoms with Crippen molar-refractivity contribution in [3.05, 3.63) is 0 Å². The number of hydrogen-bond acceptors (Lipinski definition) is 3. The first-order valence-electron chi connectivity index (χ1n) is 5.33. The molecule has 2 heterocycles. The minimum Gasteiger partial charge on any atom is -0.479 e. The first kappa shape index (κ1) is 10.4. The number of carboxylic acids is 1. The van der Waals surface area contributed by atoms with Crippen molar-refractivity contribution in [3.8, 4) is 0 Å². The summed E-state index contributed by atoms with van der Waals surface area (Å²) in [5.74, 6) is -0.734. The molecule has 0 spiro atoms. The molecule has 1 N–H and O–H groups in total. The van der Waals surface area contributed by atoms with E-state index in [4.69, 9.17) is 9.84 Å². The predicted molar refractivity (Wildman–Crippen MR) is 51.3 cm³/mol. The van der Waals surface area contributed by atoms with Gasteiger partial charge in [-0.1, -0.05) is 0 Å². The molecule has 1 amide bonds. The molecule has 2 saturated heterocycles. The molecular formula is C10H15NO4. The molecule has 84 valence electrons. The lowest BCUT2D eigenvalue weighted by molar-refractivity contribution is -0.149. The van der Waals surface area contributed by atoms with Crippen LogP contribution in [0.5, 0.6) is 0 Å². The van der Waals surface area contributed by atoms with Gasteiger partial charge in [0.1, 0.15) is 0 Å². The van der Waals surface area contributed by atoms with Gasteiger partial charge in [-0.25, -0.2) is 4.79 Å². The number of likely N-dealkylation sites (tertiary alicyclic amines) is 1. The standard InChI is InChI=1S/C10H15NO4/c12-9-2-1-5-11(9)6-7-3-4-8(15-7)10(13)14/h7-8H,1-6H2,(H,13,14). The molecule has 2 fully saturated rings. The first-order chi connectivity index (χ1) is 7.16. The van der Waals surface area contributed by atoms with E-state index in [1.165, 1.54) is 0 Å². The van der Waals surface area contributed by atoms with Crippen LogP contribution in [0.3, 0.4) is 0 Å². The summed E-state index contributed by atoms with van der Waals surface area (Å²) in [5, 5.41) is 8.74. The first-order valence-corrected chi connectivity index (χ1v) is 5.33. The Morgan fingerprint density at radius 3 is 2.87 bits per heavy atom. The molecule has 2 aliphatic rings. The SMILES string of the molecule is O=C(O)C1CCC(CN2CCCC2=O)O1. The van der Waals surface area contributed by atoms with Crippen molar-refractivity contribution in [1.29, 1.82) is 0 Å². The van der Waals surface area contributed by atoms with Crippen LogP contribution >= 0.6 is 0 Å². The molecule has 5 heteroatoms. The third-order valence-electron chi connectivity index (χ3n) is 2.98. The summed E-state index contributed by atoms with van der Waals surface area (Å²) in [7, 11) is 0. The largest absolute Gasteiger partial charge is 0.479 e. The molecule has 0 aliphatic carbocycles. The summed E-state index contributed by atoms with van der Waals surface area (Å²) in [5.41, 5.74) is 0. The lowest BCUT2D eigenvalue weighted by atomic mass is 10.2. The van der Waals surface area contributed by atoms with Gasteiger partial charge in [0.2, 0.25) is 5.91 Å². The van der Waals surface area contributed by atoms with Gasteiger partial charge in [-0.15, -0.1) is 0 Å². The van der Waals surface area contributed by atoms with E-state index in [1.807, 2.05) is 0 Å². The van der Waals surface area contributed by atoms with Crippen molar-refractivity contribution < 1.29 is 19.4 Å². The van der Waals surface area contributed by atoms with Crippen LogP contribution in [0.2, 0.25) is 0 Å². The molecule has 15 heavy (non-hydrogen) atoms. The van der Waals surface area contributed by atoms with Gasteiger partial charge in [0.05, 0.1) is 6.10 Å². The second kappa shape index (κ2) is 4.18. The fraction of sp³-hybridized carbons (Fsp3) is 0.800. The molecular weight excluding hydrogens is 198 g/mol. The maximum atomic E-state index is 11.3. The summed E-state index contributed by atoms with van der Waals surface area (Å²) >= 11 is 0. The van der Waals surface area contributed by atoms with Crippen molar-refractivity contribution >= 4 is 11.9 Å². The van der Waals surface area contributed by atoms with Crippen LogP contribution in [0.15, 0.2) is 0 Å². The lowest BCUT2D eigenvalue weighted by Gasteiger charge is -2.20. The number of rotatable bonds is 3. The van der Waals surface area contributed by atoms with Crippen molar-refractivity contribution in [2.75, 3.05) is 13.1 Å². The van der Waals surface area contributed by atoms with Gasteiger partial charge in [-0.2, -0.15) is 0 Å². The number of carbonyl (C=O) groups is 2. The number of nitrogens with zero attached hydrogens (tertiary/aromatic N) is 1. The van der Waals surface area contributed by atoms with Gasteiger partial charge in [0, 0.05) is 19.5 Å². The molecule has 0 aromatic carbocycles. The number of carboxylic acid groups (broad SMARTS) is 1. The predicted octanol–water partition coefficient (Wildman–Crippen LogP) is 0.241. The maximum absolute atomic E-state index is 11.3. The Hall–Kier alpha value is -1.10. The van der Waals surface area contributed by atoms with Crippen LogP contribution in [-0.2, 0) is 14.3 Å². The van der Waals surface area contributed by atoms with Crippen LogP contribution in [0.4, 0.5) is 0 Å². The Bertz CT molecular complexity index is 279. The fourth-order valence-electron chi connectivity index (χ4n) is 2.16. The Morgan fingerprint density at radius 2 is 2.33 bits per heavy atom. The minimum atomic E-state index is -0.898. The maximum Gasteiger partial charge on any atom is 0.332 e. The van der Waals surface area contributed by atoms with E-state index in [0.717, 1.165) is 19.4 Å². The fourth-order valence-corrected chi connectivity index (χ4v) is 2.16. The third kappa shape index (κ3) is 2.28. The zero-order valence-electron chi connectivity index (χ0n) is 8.52. The quantitative estimate of drug-likeness (QED) is 0.729. The van der Waals surface area contributed by atoms with E-state index in [1.54, 1.807) is 4.90 Å². The van der Waals surface area contributed by atoms with Gasteiger partial charge >= 0.3 is 5.97 Å². The van der Waals surface area contributed by atoms with Crippen LogP contribution in [0.25, 0.3) is 0 Å². The van der Waals surface area contributed by atoms with E-state index in [9.17, 15) is 9.59 Å². The highest BCUT2D eigenvalue weighted by Crippen LogP contribution is 2.22.